The van der Waals surface area contributed by atoms with Gasteiger partial charge in [0.25, 0.3) is 0 Å². The molecule has 4 N–H and O–H groups in total. The van der Waals surface area contributed by atoms with E-state index in [0.29, 0.717) is 5.75 Å². The minimum Gasteiger partial charge on any atom is -0.506 e. The Morgan fingerprint density at radius 2 is 1.54 bits per heavy atom. The van der Waals surface area contributed by atoms with E-state index in [-0.39, 0.29) is 5.75 Å². The monoisotopic (exact) mass is 360 g/mol. The molecule has 2 aromatic rings. The van der Waals surface area contributed by atoms with Crippen LogP contribution in [0.25, 0.3) is 11.1 Å². The SMILES string of the molecule is Cc1cc2c(c(O)c1-c1c(C)cc(O)c3c1SCCN3)NCCS2. The lowest BCUT2D eigenvalue weighted by atomic mass is 9.93. The third-order valence-electron chi connectivity index (χ3n) is 4.48. The molecule has 4 nitrogen and oxygen atoms in total. The topological polar surface area (TPSA) is 64.5 Å². The van der Waals surface area contributed by atoms with Gasteiger partial charge >= 0.3 is 0 Å². The van der Waals surface area contributed by atoms with Crippen LogP contribution in [0.3, 0.4) is 0 Å². The summed E-state index contributed by atoms with van der Waals surface area (Å²) >= 11 is 3.51. The van der Waals surface area contributed by atoms with Crippen LogP contribution in [0.2, 0.25) is 0 Å². The maximum absolute atomic E-state index is 11.0. The van der Waals surface area contributed by atoms with Crippen LogP contribution >= 0.6 is 23.5 Å². The Morgan fingerprint density at radius 1 is 0.875 bits per heavy atom. The van der Waals surface area contributed by atoms with Gasteiger partial charge in [0.05, 0.1) is 11.4 Å². The molecule has 0 spiro atoms. The van der Waals surface area contributed by atoms with E-state index in [4.69, 9.17) is 0 Å². The van der Waals surface area contributed by atoms with Gasteiger partial charge in [0.1, 0.15) is 11.5 Å². The molecule has 2 heterocycles. The van der Waals surface area contributed by atoms with Crippen molar-refractivity contribution < 1.29 is 10.2 Å². The smallest absolute Gasteiger partial charge is 0.147 e. The number of aryl methyl sites for hydroxylation is 2. The second kappa shape index (κ2) is 6.01. The number of hydrogen-bond acceptors (Lipinski definition) is 6. The number of benzene rings is 2. The molecule has 126 valence electrons. The fourth-order valence-corrected chi connectivity index (χ4v) is 5.57. The van der Waals surface area contributed by atoms with Crippen molar-refractivity contribution in [3.63, 3.8) is 0 Å². The zero-order chi connectivity index (χ0) is 16.8. The molecule has 0 unspecified atom stereocenters. The fourth-order valence-electron chi connectivity index (χ4n) is 3.43. The molecule has 0 bridgehead atoms. The number of thioether (sulfide) groups is 2. The van der Waals surface area contributed by atoms with Gasteiger partial charge in [-0.3, -0.25) is 0 Å². The molecular weight excluding hydrogens is 340 g/mol. The molecule has 0 amide bonds. The Morgan fingerprint density at radius 3 is 2.33 bits per heavy atom. The number of phenols is 2. The van der Waals surface area contributed by atoms with Crippen molar-refractivity contribution in [1.29, 1.82) is 0 Å². The van der Waals surface area contributed by atoms with Gasteiger partial charge in [-0.2, -0.15) is 0 Å². The number of aromatic hydroxyl groups is 2. The number of rotatable bonds is 1. The minimum absolute atomic E-state index is 0.280. The lowest BCUT2D eigenvalue weighted by molar-refractivity contribution is 0.473. The molecule has 0 aliphatic carbocycles. The first-order valence-electron chi connectivity index (χ1n) is 8.04. The highest BCUT2D eigenvalue weighted by molar-refractivity contribution is 7.99. The number of anilines is 2. The van der Waals surface area contributed by atoms with Gasteiger partial charge in [-0.1, -0.05) is 0 Å². The highest BCUT2D eigenvalue weighted by Crippen LogP contribution is 2.52. The molecule has 2 aromatic carbocycles. The summed E-state index contributed by atoms with van der Waals surface area (Å²) < 4.78 is 0. The highest BCUT2D eigenvalue weighted by Gasteiger charge is 2.26. The Hall–Kier alpha value is -1.66. The lowest BCUT2D eigenvalue weighted by Crippen LogP contribution is -2.13. The first-order chi connectivity index (χ1) is 11.6. The normalized spacial score (nSPS) is 15.9. The van der Waals surface area contributed by atoms with E-state index >= 15 is 0 Å². The summed E-state index contributed by atoms with van der Waals surface area (Å²) in [6.07, 6.45) is 0. The van der Waals surface area contributed by atoms with Crippen LogP contribution in [-0.2, 0) is 0 Å². The summed E-state index contributed by atoms with van der Waals surface area (Å²) in [7, 11) is 0. The molecule has 0 aromatic heterocycles. The van der Waals surface area contributed by atoms with E-state index in [9.17, 15) is 10.2 Å². The molecular formula is C18H20N2O2S2. The molecule has 2 aliphatic rings. The van der Waals surface area contributed by atoms with Crippen molar-refractivity contribution in [2.24, 2.45) is 0 Å². The van der Waals surface area contributed by atoms with Crippen LogP contribution in [-0.4, -0.2) is 34.8 Å². The first-order valence-corrected chi connectivity index (χ1v) is 10.0. The van der Waals surface area contributed by atoms with Crippen molar-refractivity contribution in [2.45, 2.75) is 23.6 Å². The summed E-state index contributed by atoms with van der Waals surface area (Å²) in [4.78, 5) is 2.14. The van der Waals surface area contributed by atoms with Crippen molar-refractivity contribution in [3.8, 4) is 22.6 Å². The van der Waals surface area contributed by atoms with Crippen LogP contribution in [0.1, 0.15) is 11.1 Å². The molecule has 4 rings (SSSR count). The molecule has 24 heavy (non-hydrogen) atoms. The third-order valence-corrected chi connectivity index (χ3v) is 6.63. The van der Waals surface area contributed by atoms with E-state index in [2.05, 4.69) is 16.7 Å². The van der Waals surface area contributed by atoms with Gasteiger partial charge in [-0.05, 0) is 37.1 Å². The standard InChI is InChI=1S/C18H20N2O2S2/c1-9-7-11(21)15-18(24-6-4-19-15)14(9)13-10(2)8-12-16(17(13)22)20-3-5-23-12/h7-8,19-22H,3-6H2,1-2H3. The highest BCUT2D eigenvalue weighted by atomic mass is 32.2. The van der Waals surface area contributed by atoms with Crippen LogP contribution in [0.4, 0.5) is 11.4 Å². The second-order valence-corrected chi connectivity index (χ2v) is 8.37. The summed E-state index contributed by atoms with van der Waals surface area (Å²) in [5.74, 6) is 2.56. The van der Waals surface area contributed by atoms with Gasteiger partial charge in [-0.25, -0.2) is 0 Å². The van der Waals surface area contributed by atoms with E-state index in [1.165, 1.54) is 0 Å². The predicted molar refractivity (Wildman–Crippen MR) is 103 cm³/mol. The van der Waals surface area contributed by atoms with Crippen LogP contribution in [0.5, 0.6) is 11.5 Å². The maximum atomic E-state index is 11.0. The predicted octanol–water partition coefficient (Wildman–Crippen LogP) is 4.42. The van der Waals surface area contributed by atoms with Crippen LogP contribution in [0.15, 0.2) is 21.9 Å². The maximum Gasteiger partial charge on any atom is 0.147 e. The van der Waals surface area contributed by atoms with Crippen molar-refractivity contribution in [1.82, 2.24) is 0 Å². The average Bonchev–Trinajstić information content (AvgIpc) is 2.57. The second-order valence-electron chi connectivity index (χ2n) is 6.13. The molecule has 0 saturated heterocycles. The Balaban J connectivity index is 2.01. The third kappa shape index (κ3) is 2.40. The van der Waals surface area contributed by atoms with Gasteiger partial charge in [0.2, 0.25) is 0 Å². The fraction of sp³-hybridized carbons (Fsp3) is 0.333. The lowest BCUT2D eigenvalue weighted by Gasteiger charge is -2.27. The summed E-state index contributed by atoms with van der Waals surface area (Å²) in [5.41, 5.74) is 5.55. The molecule has 0 saturated carbocycles. The molecule has 6 heteroatoms. The van der Waals surface area contributed by atoms with E-state index in [1.54, 1.807) is 29.6 Å². The van der Waals surface area contributed by atoms with E-state index in [0.717, 1.165) is 68.0 Å². The van der Waals surface area contributed by atoms with E-state index in [1.807, 2.05) is 13.8 Å². The average molecular weight is 361 g/mol. The van der Waals surface area contributed by atoms with Gasteiger partial charge in [0, 0.05) is 45.5 Å². The first kappa shape index (κ1) is 15.8. The Kier molecular flexibility index (Phi) is 3.96. The number of fused-ring (bicyclic) bond motifs is 2. The van der Waals surface area contributed by atoms with Gasteiger partial charge < -0.3 is 20.8 Å². The quantitative estimate of drug-likeness (QED) is 0.565. The van der Waals surface area contributed by atoms with Crippen molar-refractivity contribution in [2.75, 3.05) is 35.2 Å². The number of hydrogen-bond donors (Lipinski definition) is 4. The zero-order valence-electron chi connectivity index (χ0n) is 13.7. The summed E-state index contributed by atoms with van der Waals surface area (Å²) in [6.45, 7) is 5.73. The number of phenolic OH excluding ortho intramolecular Hbond substituents is 2. The minimum atomic E-state index is 0.280. The van der Waals surface area contributed by atoms with Crippen LogP contribution in [0, 0.1) is 13.8 Å². The largest absolute Gasteiger partial charge is 0.506 e. The Labute approximate surface area is 150 Å². The summed E-state index contributed by atoms with van der Waals surface area (Å²) in [6, 6.07) is 3.94. The van der Waals surface area contributed by atoms with Gasteiger partial charge in [0.15, 0.2) is 0 Å². The molecule has 2 aliphatic heterocycles. The van der Waals surface area contributed by atoms with E-state index < -0.39 is 0 Å². The molecule has 0 fully saturated rings. The molecule has 0 atom stereocenters. The van der Waals surface area contributed by atoms with Gasteiger partial charge in [-0.15, -0.1) is 23.5 Å². The molecule has 0 radical (unpaired) electrons. The number of nitrogens with one attached hydrogen (secondary N) is 2. The zero-order valence-corrected chi connectivity index (χ0v) is 15.3. The van der Waals surface area contributed by atoms with Crippen LogP contribution < -0.4 is 10.6 Å². The van der Waals surface area contributed by atoms with Crippen molar-refractivity contribution in [3.05, 3.63) is 23.3 Å². The Bertz CT molecular complexity index is 837. The summed E-state index contributed by atoms with van der Waals surface area (Å²) in [5, 5.41) is 27.9. The van der Waals surface area contributed by atoms with Crippen molar-refractivity contribution >= 4 is 34.9 Å².